The van der Waals surface area contributed by atoms with Crippen LogP contribution in [-0.4, -0.2) is 56.6 Å². The number of Topliss-reactive ketones (excluding diaryl/α,β-unsaturated/α-hetero) is 1. The van der Waals surface area contributed by atoms with Crippen molar-refractivity contribution >= 4 is 11.8 Å². The number of ether oxygens (including phenoxy) is 2. The predicted octanol–water partition coefficient (Wildman–Crippen LogP) is 3.86. The third-order valence-corrected chi connectivity index (χ3v) is 6.04. The molecule has 166 valence electrons. The fourth-order valence-corrected chi connectivity index (χ4v) is 4.49. The summed E-state index contributed by atoms with van der Waals surface area (Å²) in [5, 5.41) is 0. The molecule has 1 heterocycles. The Kier molecular flexibility index (Phi) is 7.93. The molecule has 0 radical (unpaired) electrons. The molecule has 3 atom stereocenters. The summed E-state index contributed by atoms with van der Waals surface area (Å²) in [7, 11) is 1.62. The van der Waals surface area contributed by atoms with Crippen LogP contribution in [0.25, 0.3) is 0 Å². The highest BCUT2D eigenvalue weighted by molar-refractivity contribution is 5.99. The van der Waals surface area contributed by atoms with Crippen LogP contribution < -0.4 is 0 Å². The van der Waals surface area contributed by atoms with E-state index in [9.17, 15) is 14.0 Å². The van der Waals surface area contributed by atoms with Crippen molar-refractivity contribution in [3.05, 3.63) is 71.0 Å². The lowest BCUT2D eigenvalue weighted by molar-refractivity contribution is -0.151. The minimum atomic E-state index is -0.580. The molecule has 1 saturated heterocycles. The zero-order valence-electron chi connectivity index (χ0n) is 18.3. The SMILES string of the molecule is CCOC(=O)[C@H]1CN(CCOC)C[C@H](C(=O)c2ccccc2)[C@@H]1c1cccc(F)c1C. The Morgan fingerprint density at radius 1 is 1.06 bits per heavy atom. The van der Waals surface area contributed by atoms with E-state index in [0.29, 0.717) is 42.9 Å². The summed E-state index contributed by atoms with van der Waals surface area (Å²) in [6, 6.07) is 13.9. The average Bonchev–Trinajstić information content (AvgIpc) is 2.79. The molecule has 2 aromatic rings. The van der Waals surface area contributed by atoms with Gasteiger partial charge in [-0.05, 0) is 31.0 Å². The Labute approximate surface area is 183 Å². The van der Waals surface area contributed by atoms with Crippen molar-refractivity contribution in [1.29, 1.82) is 0 Å². The number of benzene rings is 2. The molecule has 0 unspecified atom stereocenters. The van der Waals surface area contributed by atoms with Crippen LogP contribution in [0.3, 0.4) is 0 Å². The summed E-state index contributed by atoms with van der Waals surface area (Å²) < 4.78 is 25.1. The van der Waals surface area contributed by atoms with Crippen molar-refractivity contribution in [2.75, 3.05) is 40.0 Å². The third kappa shape index (κ3) is 5.20. The third-order valence-electron chi connectivity index (χ3n) is 6.04. The fraction of sp³-hybridized carbons (Fsp3) is 0.440. The van der Waals surface area contributed by atoms with Crippen LogP contribution in [0.4, 0.5) is 4.39 Å². The maximum atomic E-state index is 14.5. The molecule has 0 N–H and O–H groups in total. The largest absolute Gasteiger partial charge is 0.466 e. The molecule has 1 fully saturated rings. The molecule has 0 saturated carbocycles. The molecular weight excluding hydrogens is 397 g/mol. The minimum Gasteiger partial charge on any atom is -0.466 e. The van der Waals surface area contributed by atoms with Gasteiger partial charge in [-0.1, -0.05) is 42.5 Å². The second kappa shape index (κ2) is 10.6. The molecule has 6 heteroatoms. The van der Waals surface area contributed by atoms with Crippen molar-refractivity contribution < 1.29 is 23.5 Å². The van der Waals surface area contributed by atoms with Gasteiger partial charge in [0.15, 0.2) is 5.78 Å². The number of likely N-dealkylation sites (tertiary alicyclic amines) is 1. The summed E-state index contributed by atoms with van der Waals surface area (Å²) in [5.74, 6) is -2.31. The standard InChI is InChI=1S/C25H30FNO4/c1-4-31-25(29)21-16-27(13-14-30-3)15-20(24(28)18-9-6-5-7-10-18)23(21)19-11-8-12-22(26)17(19)2/h5-12,20-21,23H,4,13-16H2,1-3H3/t20-,21-,23-/m0/s1. The van der Waals surface area contributed by atoms with Crippen LogP contribution >= 0.6 is 0 Å². The van der Waals surface area contributed by atoms with Crippen LogP contribution in [0.2, 0.25) is 0 Å². The van der Waals surface area contributed by atoms with E-state index in [1.807, 2.05) is 24.3 Å². The van der Waals surface area contributed by atoms with Gasteiger partial charge < -0.3 is 9.47 Å². The smallest absolute Gasteiger partial charge is 0.310 e. The second-order valence-electron chi connectivity index (χ2n) is 7.93. The number of piperidine rings is 1. The van der Waals surface area contributed by atoms with E-state index in [2.05, 4.69) is 4.90 Å². The van der Waals surface area contributed by atoms with Crippen LogP contribution in [0, 0.1) is 24.6 Å². The Morgan fingerprint density at radius 2 is 1.77 bits per heavy atom. The maximum Gasteiger partial charge on any atom is 0.310 e. The quantitative estimate of drug-likeness (QED) is 0.473. The molecule has 2 aromatic carbocycles. The number of nitrogens with zero attached hydrogens (tertiary/aromatic N) is 1. The number of carbonyl (C=O) groups is 2. The Hall–Kier alpha value is -2.57. The number of hydrogen-bond donors (Lipinski definition) is 0. The van der Waals surface area contributed by atoms with Gasteiger partial charge in [-0.25, -0.2) is 4.39 Å². The van der Waals surface area contributed by atoms with Gasteiger partial charge in [0.2, 0.25) is 0 Å². The summed E-state index contributed by atoms with van der Waals surface area (Å²) in [6.07, 6.45) is 0. The van der Waals surface area contributed by atoms with Gasteiger partial charge >= 0.3 is 5.97 Å². The normalized spacial score (nSPS) is 21.6. The average molecular weight is 428 g/mol. The lowest BCUT2D eigenvalue weighted by Gasteiger charge is -2.43. The van der Waals surface area contributed by atoms with E-state index in [1.54, 1.807) is 39.2 Å². The molecule has 5 nitrogen and oxygen atoms in total. The number of carbonyl (C=O) groups excluding carboxylic acids is 2. The molecule has 0 spiro atoms. The first-order chi connectivity index (χ1) is 15.0. The van der Waals surface area contributed by atoms with Crippen LogP contribution in [0.1, 0.15) is 34.3 Å². The zero-order chi connectivity index (χ0) is 22.4. The first-order valence-corrected chi connectivity index (χ1v) is 10.7. The van der Waals surface area contributed by atoms with Crippen molar-refractivity contribution in [3.63, 3.8) is 0 Å². The lowest BCUT2D eigenvalue weighted by Crippen LogP contribution is -2.51. The molecule has 3 rings (SSSR count). The van der Waals surface area contributed by atoms with Crippen molar-refractivity contribution in [2.24, 2.45) is 11.8 Å². The van der Waals surface area contributed by atoms with E-state index in [-0.39, 0.29) is 24.2 Å². The van der Waals surface area contributed by atoms with Gasteiger partial charge in [0.05, 0.1) is 19.1 Å². The molecule has 0 aliphatic carbocycles. The molecule has 0 bridgehead atoms. The molecule has 0 amide bonds. The van der Waals surface area contributed by atoms with E-state index in [1.165, 1.54) is 6.07 Å². The zero-order valence-corrected chi connectivity index (χ0v) is 18.3. The Bertz CT molecular complexity index is 902. The summed E-state index contributed by atoms with van der Waals surface area (Å²) in [5.41, 5.74) is 1.75. The molecule has 31 heavy (non-hydrogen) atoms. The maximum absolute atomic E-state index is 14.5. The second-order valence-corrected chi connectivity index (χ2v) is 7.93. The topological polar surface area (TPSA) is 55.8 Å². The molecule has 1 aliphatic heterocycles. The van der Waals surface area contributed by atoms with Crippen LogP contribution in [0.5, 0.6) is 0 Å². The van der Waals surface area contributed by atoms with Gasteiger partial charge in [-0.2, -0.15) is 0 Å². The van der Waals surface area contributed by atoms with Gasteiger partial charge in [-0.15, -0.1) is 0 Å². The summed E-state index contributed by atoms with van der Waals surface area (Å²) in [4.78, 5) is 28.7. The molecule has 0 aromatic heterocycles. The summed E-state index contributed by atoms with van der Waals surface area (Å²) >= 11 is 0. The molecule has 1 aliphatic rings. The minimum absolute atomic E-state index is 0.0503. The van der Waals surface area contributed by atoms with Crippen molar-refractivity contribution in [1.82, 2.24) is 4.90 Å². The number of methoxy groups -OCH3 is 1. The number of hydrogen-bond acceptors (Lipinski definition) is 5. The van der Waals surface area contributed by atoms with Crippen molar-refractivity contribution in [3.8, 4) is 0 Å². The van der Waals surface area contributed by atoms with Gasteiger partial charge in [0, 0.05) is 44.1 Å². The Balaban J connectivity index is 2.09. The van der Waals surface area contributed by atoms with Crippen LogP contribution in [0.15, 0.2) is 48.5 Å². The fourth-order valence-electron chi connectivity index (χ4n) is 4.49. The highest BCUT2D eigenvalue weighted by atomic mass is 19.1. The number of halogens is 1. The predicted molar refractivity (Wildman–Crippen MR) is 117 cm³/mol. The van der Waals surface area contributed by atoms with E-state index in [0.717, 1.165) is 0 Å². The first kappa shape index (κ1) is 23.1. The van der Waals surface area contributed by atoms with E-state index < -0.39 is 17.8 Å². The van der Waals surface area contributed by atoms with Crippen LogP contribution in [-0.2, 0) is 14.3 Å². The highest BCUT2D eigenvalue weighted by Crippen LogP contribution is 2.41. The molecular formula is C25H30FNO4. The van der Waals surface area contributed by atoms with E-state index in [4.69, 9.17) is 9.47 Å². The summed E-state index contributed by atoms with van der Waals surface area (Å²) in [6.45, 7) is 5.70. The van der Waals surface area contributed by atoms with Gasteiger partial charge in [0.1, 0.15) is 5.82 Å². The number of esters is 1. The van der Waals surface area contributed by atoms with Gasteiger partial charge in [-0.3, -0.25) is 14.5 Å². The van der Waals surface area contributed by atoms with Gasteiger partial charge in [0.25, 0.3) is 0 Å². The lowest BCUT2D eigenvalue weighted by atomic mass is 9.70. The first-order valence-electron chi connectivity index (χ1n) is 10.7. The number of rotatable bonds is 8. The van der Waals surface area contributed by atoms with Crippen molar-refractivity contribution in [2.45, 2.75) is 19.8 Å². The van der Waals surface area contributed by atoms with E-state index >= 15 is 0 Å². The number of ketones is 1. The monoisotopic (exact) mass is 427 g/mol. The highest BCUT2D eigenvalue weighted by Gasteiger charge is 2.45. The Morgan fingerprint density at radius 3 is 2.45 bits per heavy atom.